The minimum absolute atomic E-state index is 0.372. The van der Waals surface area contributed by atoms with Gasteiger partial charge in [-0.2, -0.15) is 11.8 Å². The van der Waals surface area contributed by atoms with Crippen LogP contribution in [-0.4, -0.2) is 26.2 Å². The number of aromatic nitrogens is 2. The zero-order chi connectivity index (χ0) is 14.9. The average molecular weight is 423 g/mol. The van der Waals surface area contributed by atoms with Crippen LogP contribution in [0.15, 0.2) is 0 Å². The third kappa shape index (κ3) is 3.94. The van der Waals surface area contributed by atoms with Crippen molar-refractivity contribution in [1.82, 2.24) is 9.97 Å². The Morgan fingerprint density at radius 3 is 2.60 bits per heavy atom. The van der Waals surface area contributed by atoms with Gasteiger partial charge in [-0.1, -0.05) is 27.7 Å². The smallest absolute Gasteiger partial charge is 0.144 e. The van der Waals surface area contributed by atoms with Crippen molar-refractivity contribution in [2.45, 2.75) is 49.9 Å². The molecule has 6 heteroatoms. The van der Waals surface area contributed by atoms with Gasteiger partial charge in [0.1, 0.15) is 11.6 Å². The molecule has 1 saturated heterocycles. The van der Waals surface area contributed by atoms with Gasteiger partial charge in [-0.3, -0.25) is 0 Å². The first-order valence-electron chi connectivity index (χ1n) is 6.97. The molecule has 0 saturated carbocycles. The fourth-order valence-electron chi connectivity index (χ4n) is 2.12. The van der Waals surface area contributed by atoms with Gasteiger partial charge in [0, 0.05) is 16.3 Å². The highest BCUT2D eigenvalue weighted by Crippen LogP contribution is 2.43. The summed E-state index contributed by atoms with van der Waals surface area (Å²) in [6, 6.07) is 0. The first-order chi connectivity index (χ1) is 9.38. The number of nitrogen functional groups attached to an aromatic ring is 1. The Morgan fingerprint density at radius 1 is 1.30 bits per heavy atom. The second kappa shape index (κ2) is 7.05. The van der Waals surface area contributed by atoms with Crippen LogP contribution in [-0.2, 0) is 6.42 Å². The Morgan fingerprint density at radius 2 is 2.00 bits per heavy atom. The van der Waals surface area contributed by atoms with Crippen LogP contribution in [0.3, 0.4) is 0 Å². The van der Waals surface area contributed by atoms with E-state index in [9.17, 15) is 0 Å². The van der Waals surface area contributed by atoms with E-state index in [2.05, 4.69) is 55.3 Å². The number of halogens is 1. The van der Waals surface area contributed by atoms with Gasteiger partial charge in [-0.15, -0.1) is 11.8 Å². The van der Waals surface area contributed by atoms with Crippen LogP contribution >= 0.6 is 46.1 Å². The summed E-state index contributed by atoms with van der Waals surface area (Å²) >= 11 is 6.27. The standard InChI is InChI=1S/C14H22IN3S2/c1-7(2)5-10-12(15)13(16)18-14(17-10)11-6-19-8(3)9(4)20-11/h7-9,11H,5-6H2,1-4H3,(H2,16,17,18). The van der Waals surface area contributed by atoms with E-state index in [1.54, 1.807) is 0 Å². The summed E-state index contributed by atoms with van der Waals surface area (Å²) in [5, 5.41) is 1.71. The lowest BCUT2D eigenvalue weighted by molar-refractivity contribution is 0.628. The molecule has 1 aromatic rings. The highest BCUT2D eigenvalue weighted by Gasteiger charge is 2.29. The fraction of sp³-hybridized carbons (Fsp3) is 0.714. The lowest BCUT2D eigenvalue weighted by Gasteiger charge is -2.30. The molecule has 3 nitrogen and oxygen atoms in total. The van der Waals surface area contributed by atoms with Crippen molar-refractivity contribution in [1.29, 1.82) is 0 Å². The molecule has 0 radical (unpaired) electrons. The van der Waals surface area contributed by atoms with Crippen molar-refractivity contribution in [3.63, 3.8) is 0 Å². The molecular formula is C14H22IN3S2. The molecular weight excluding hydrogens is 401 g/mol. The molecule has 1 fully saturated rings. The van der Waals surface area contributed by atoms with Crippen molar-refractivity contribution in [2.24, 2.45) is 5.92 Å². The third-order valence-corrected chi connectivity index (χ3v) is 7.96. The number of hydrogen-bond acceptors (Lipinski definition) is 5. The lowest BCUT2D eigenvalue weighted by atomic mass is 10.1. The Hall–Kier alpha value is 0.310. The van der Waals surface area contributed by atoms with E-state index in [0.29, 0.717) is 27.5 Å². The number of rotatable bonds is 3. The first-order valence-corrected chi connectivity index (χ1v) is 10.0. The van der Waals surface area contributed by atoms with E-state index in [-0.39, 0.29) is 0 Å². The van der Waals surface area contributed by atoms with E-state index in [0.717, 1.165) is 27.3 Å². The van der Waals surface area contributed by atoms with Crippen molar-refractivity contribution in [2.75, 3.05) is 11.5 Å². The van der Waals surface area contributed by atoms with E-state index < -0.39 is 0 Å². The molecule has 0 spiro atoms. The summed E-state index contributed by atoms with van der Waals surface area (Å²) in [5.41, 5.74) is 7.20. The normalized spacial score (nSPS) is 27.0. The quantitative estimate of drug-likeness (QED) is 0.740. The summed E-state index contributed by atoms with van der Waals surface area (Å²) in [6.07, 6.45) is 0.967. The molecule has 0 aliphatic carbocycles. The summed E-state index contributed by atoms with van der Waals surface area (Å²) in [7, 11) is 0. The van der Waals surface area contributed by atoms with Crippen LogP contribution in [0.5, 0.6) is 0 Å². The Kier molecular flexibility index (Phi) is 5.88. The molecule has 1 aromatic heterocycles. The van der Waals surface area contributed by atoms with E-state index in [1.165, 1.54) is 0 Å². The lowest BCUT2D eigenvalue weighted by Crippen LogP contribution is -2.23. The SMILES string of the molecule is CC(C)Cc1nc(C2CSC(C)C(C)S2)nc(N)c1I. The van der Waals surface area contributed by atoms with Crippen molar-refractivity contribution in [3.05, 3.63) is 15.1 Å². The minimum atomic E-state index is 0.372. The maximum atomic E-state index is 6.09. The van der Waals surface area contributed by atoms with Crippen LogP contribution in [0.4, 0.5) is 5.82 Å². The van der Waals surface area contributed by atoms with Crippen molar-refractivity contribution in [3.8, 4) is 0 Å². The molecule has 2 rings (SSSR count). The molecule has 112 valence electrons. The van der Waals surface area contributed by atoms with Crippen molar-refractivity contribution < 1.29 is 0 Å². The summed E-state index contributed by atoms with van der Waals surface area (Å²) in [6.45, 7) is 9.01. The molecule has 0 bridgehead atoms. The van der Waals surface area contributed by atoms with Crippen LogP contribution in [0.25, 0.3) is 0 Å². The molecule has 2 N–H and O–H groups in total. The molecule has 3 unspecified atom stereocenters. The average Bonchev–Trinajstić information content (AvgIpc) is 2.37. The number of nitrogens with zero attached hydrogens (tertiary/aromatic N) is 2. The zero-order valence-corrected chi connectivity index (χ0v) is 16.2. The van der Waals surface area contributed by atoms with E-state index >= 15 is 0 Å². The van der Waals surface area contributed by atoms with Crippen LogP contribution in [0, 0.1) is 9.49 Å². The second-order valence-electron chi connectivity index (χ2n) is 5.69. The third-order valence-electron chi connectivity index (χ3n) is 3.40. The molecule has 0 aromatic carbocycles. The van der Waals surface area contributed by atoms with Crippen molar-refractivity contribution >= 4 is 51.9 Å². The number of hydrogen-bond donors (Lipinski definition) is 1. The van der Waals surface area contributed by atoms with Gasteiger partial charge in [0.15, 0.2) is 0 Å². The molecule has 1 aliphatic heterocycles. The minimum Gasteiger partial charge on any atom is -0.383 e. The highest BCUT2D eigenvalue weighted by atomic mass is 127. The second-order valence-corrected chi connectivity index (χ2v) is 9.77. The monoisotopic (exact) mass is 423 g/mol. The predicted octanol–water partition coefficient (Wildman–Crippen LogP) is 4.16. The topological polar surface area (TPSA) is 51.8 Å². The number of thioether (sulfide) groups is 2. The Bertz CT molecular complexity index is 482. The summed E-state index contributed by atoms with van der Waals surface area (Å²) < 4.78 is 1.02. The van der Waals surface area contributed by atoms with E-state index in [1.807, 2.05) is 23.5 Å². The Labute approximate surface area is 143 Å². The zero-order valence-electron chi connectivity index (χ0n) is 12.4. The molecule has 2 heterocycles. The van der Waals surface area contributed by atoms with Crippen LogP contribution in [0.2, 0.25) is 0 Å². The Balaban J connectivity index is 2.26. The number of anilines is 1. The van der Waals surface area contributed by atoms with Crippen LogP contribution in [0.1, 0.15) is 44.5 Å². The van der Waals surface area contributed by atoms with Gasteiger partial charge in [0.05, 0.1) is 14.5 Å². The predicted molar refractivity (Wildman–Crippen MR) is 99.4 cm³/mol. The summed E-state index contributed by atoms with van der Waals surface area (Å²) in [4.78, 5) is 9.37. The molecule has 3 atom stereocenters. The maximum absolute atomic E-state index is 6.09. The highest BCUT2D eigenvalue weighted by molar-refractivity contribution is 14.1. The van der Waals surface area contributed by atoms with Gasteiger partial charge in [-0.05, 0) is 34.9 Å². The molecule has 20 heavy (non-hydrogen) atoms. The van der Waals surface area contributed by atoms with Crippen LogP contribution < -0.4 is 5.73 Å². The number of nitrogens with two attached hydrogens (primary N) is 1. The van der Waals surface area contributed by atoms with Gasteiger partial charge in [-0.25, -0.2) is 9.97 Å². The first kappa shape index (κ1) is 16.7. The maximum Gasteiger partial charge on any atom is 0.144 e. The largest absolute Gasteiger partial charge is 0.383 e. The van der Waals surface area contributed by atoms with Gasteiger partial charge >= 0.3 is 0 Å². The van der Waals surface area contributed by atoms with Gasteiger partial charge in [0.25, 0.3) is 0 Å². The summed E-state index contributed by atoms with van der Waals surface area (Å²) in [5.74, 6) is 3.23. The van der Waals surface area contributed by atoms with Gasteiger partial charge in [0.2, 0.25) is 0 Å². The molecule has 0 amide bonds. The van der Waals surface area contributed by atoms with Gasteiger partial charge < -0.3 is 5.73 Å². The fourth-order valence-corrected chi connectivity index (χ4v) is 5.42. The molecule has 1 aliphatic rings. The van der Waals surface area contributed by atoms with E-state index in [4.69, 9.17) is 10.7 Å².